The van der Waals surface area contributed by atoms with Crippen molar-refractivity contribution in [3.8, 4) is 5.75 Å². The molecule has 0 atom stereocenters. The smallest absolute Gasteiger partial charge is 0.119 e. The molecule has 1 aromatic rings. The maximum atomic E-state index is 5.77. The number of aryl methyl sites for hydroxylation is 1. The zero-order valence-corrected chi connectivity index (χ0v) is 13.6. The number of hydrogen-bond donors (Lipinski definition) is 1. The van der Waals surface area contributed by atoms with Gasteiger partial charge in [0.25, 0.3) is 0 Å². The van der Waals surface area contributed by atoms with Crippen molar-refractivity contribution in [2.45, 2.75) is 52.9 Å². The summed E-state index contributed by atoms with van der Waals surface area (Å²) in [5, 5.41) is 0. The zero-order valence-electron chi connectivity index (χ0n) is 13.6. The van der Waals surface area contributed by atoms with E-state index in [1.54, 1.807) is 4.90 Å². The molecule has 0 saturated heterocycles. The van der Waals surface area contributed by atoms with Crippen molar-refractivity contribution >= 4 is 0 Å². The van der Waals surface area contributed by atoms with E-state index in [0.29, 0.717) is 0 Å². The number of rotatable bonds is 11. The van der Waals surface area contributed by atoms with Crippen LogP contribution in [-0.4, -0.2) is 26.2 Å². The van der Waals surface area contributed by atoms with Crippen molar-refractivity contribution < 1.29 is 9.64 Å². The van der Waals surface area contributed by atoms with Gasteiger partial charge in [0.1, 0.15) is 5.75 Å². The van der Waals surface area contributed by atoms with Crippen LogP contribution in [0.5, 0.6) is 5.75 Å². The largest absolute Gasteiger partial charge is 0.494 e. The van der Waals surface area contributed by atoms with Gasteiger partial charge in [-0.3, -0.25) is 0 Å². The van der Waals surface area contributed by atoms with E-state index in [1.807, 2.05) is 0 Å². The molecular weight excluding hydrogens is 246 g/mol. The van der Waals surface area contributed by atoms with E-state index in [-0.39, 0.29) is 0 Å². The lowest BCUT2D eigenvalue weighted by atomic mass is 10.2. The predicted molar refractivity (Wildman–Crippen MR) is 86.7 cm³/mol. The molecule has 0 aromatic heterocycles. The first-order valence-electron chi connectivity index (χ1n) is 8.35. The molecule has 0 aliphatic carbocycles. The van der Waals surface area contributed by atoms with Crippen LogP contribution in [-0.2, 0) is 6.42 Å². The van der Waals surface area contributed by atoms with E-state index in [9.17, 15) is 0 Å². The number of nitrogens with one attached hydrogen (secondary N) is 1. The molecule has 0 aliphatic heterocycles. The van der Waals surface area contributed by atoms with Gasteiger partial charge < -0.3 is 9.64 Å². The molecule has 114 valence electrons. The Hall–Kier alpha value is -1.02. The Labute approximate surface area is 125 Å². The molecule has 0 heterocycles. The van der Waals surface area contributed by atoms with E-state index in [4.69, 9.17) is 4.74 Å². The van der Waals surface area contributed by atoms with Crippen LogP contribution in [0.4, 0.5) is 0 Å². The maximum Gasteiger partial charge on any atom is 0.119 e. The van der Waals surface area contributed by atoms with Gasteiger partial charge in [-0.2, -0.15) is 0 Å². The Kier molecular flexibility index (Phi) is 9.14. The van der Waals surface area contributed by atoms with Gasteiger partial charge >= 0.3 is 0 Å². The molecule has 0 saturated carbocycles. The van der Waals surface area contributed by atoms with E-state index >= 15 is 0 Å². The van der Waals surface area contributed by atoms with Crippen molar-refractivity contribution in [2.24, 2.45) is 0 Å². The summed E-state index contributed by atoms with van der Waals surface area (Å²) in [6.45, 7) is 11.4. The highest BCUT2D eigenvalue weighted by Crippen LogP contribution is 2.13. The number of unbranched alkanes of at least 4 members (excludes halogenated alkanes) is 3. The normalized spacial score (nSPS) is 11.0. The van der Waals surface area contributed by atoms with Gasteiger partial charge in [-0.25, -0.2) is 0 Å². The predicted octanol–water partition coefficient (Wildman–Crippen LogP) is 3.11. The molecule has 0 radical (unpaired) electrons. The first-order valence-corrected chi connectivity index (χ1v) is 8.35. The van der Waals surface area contributed by atoms with Crippen molar-refractivity contribution in [2.75, 3.05) is 26.2 Å². The van der Waals surface area contributed by atoms with Crippen molar-refractivity contribution in [1.82, 2.24) is 0 Å². The van der Waals surface area contributed by atoms with Gasteiger partial charge in [-0.05, 0) is 63.6 Å². The number of benzene rings is 1. The quantitative estimate of drug-likeness (QED) is 0.614. The Balaban J connectivity index is 2.01. The third-order valence-corrected chi connectivity index (χ3v) is 4.02. The molecule has 0 fully saturated rings. The minimum absolute atomic E-state index is 0.851. The average molecular weight is 278 g/mol. The average Bonchev–Trinajstić information content (AvgIpc) is 2.51. The summed E-state index contributed by atoms with van der Waals surface area (Å²) in [6.07, 6.45) is 6.23. The summed E-state index contributed by atoms with van der Waals surface area (Å²) < 4.78 is 5.77. The Bertz CT molecular complexity index is 330. The second-order valence-electron chi connectivity index (χ2n) is 5.47. The van der Waals surface area contributed by atoms with Crippen LogP contribution >= 0.6 is 0 Å². The molecule has 2 nitrogen and oxygen atoms in total. The lowest BCUT2D eigenvalue weighted by molar-refractivity contribution is -0.896. The molecule has 1 rings (SSSR count). The third-order valence-electron chi connectivity index (χ3n) is 4.02. The number of quaternary nitrogens is 1. The van der Waals surface area contributed by atoms with Crippen LogP contribution in [0.15, 0.2) is 24.3 Å². The van der Waals surface area contributed by atoms with Crippen LogP contribution in [0.2, 0.25) is 0 Å². The number of hydrogen-bond acceptors (Lipinski definition) is 1. The molecule has 1 aromatic carbocycles. The van der Waals surface area contributed by atoms with Gasteiger partial charge in [0.2, 0.25) is 0 Å². The highest BCUT2D eigenvalue weighted by atomic mass is 16.5. The minimum atomic E-state index is 0.851. The molecular formula is C18H32NO+. The molecule has 1 N–H and O–H groups in total. The van der Waals surface area contributed by atoms with Crippen molar-refractivity contribution in [1.29, 1.82) is 0 Å². The molecule has 2 heteroatoms. The van der Waals surface area contributed by atoms with Gasteiger partial charge in [0.05, 0.1) is 26.2 Å². The summed E-state index contributed by atoms with van der Waals surface area (Å²) in [7, 11) is 0. The minimum Gasteiger partial charge on any atom is -0.494 e. The standard InChI is InChI=1S/C18H31NO/c1-4-17-11-13-18(14-12-17)20-16-10-8-7-9-15-19(5-2)6-3/h11-14H,4-10,15-16H2,1-3H3/p+1. The lowest BCUT2D eigenvalue weighted by Gasteiger charge is -2.14. The Morgan fingerprint density at radius 3 is 2.10 bits per heavy atom. The second-order valence-corrected chi connectivity index (χ2v) is 5.47. The van der Waals surface area contributed by atoms with Crippen molar-refractivity contribution in [3.63, 3.8) is 0 Å². The summed E-state index contributed by atoms with van der Waals surface area (Å²) in [6, 6.07) is 8.48. The molecule has 0 aliphatic rings. The van der Waals surface area contributed by atoms with Crippen LogP contribution in [0, 0.1) is 0 Å². The molecule has 0 bridgehead atoms. The van der Waals surface area contributed by atoms with Crippen LogP contribution in [0.1, 0.15) is 52.0 Å². The zero-order chi connectivity index (χ0) is 14.6. The summed E-state index contributed by atoms with van der Waals surface area (Å²) in [5.41, 5.74) is 1.37. The summed E-state index contributed by atoms with van der Waals surface area (Å²) in [5.74, 6) is 1.01. The topological polar surface area (TPSA) is 13.7 Å². The van der Waals surface area contributed by atoms with Gasteiger partial charge in [-0.1, -0.05) is 19.1 Å². The first kappa shape index (κ1) is 17.0. The van der Waals surface area contributed by atoms with Crippen LogP contribution in [0.25, 0.3) is 0 Å². The van der Waals surface area contributed by atoms with E-state index in [1.165, 1.54) is 50.9 Å². The molecule has 0 spiro atoms. The van der Waals surface area contributed by atoms with Crippen LogP contribution < -0.4 is 9.64 Å². The van der Waals surface area contributed by atoms with E-state index in [2.05, 4.69) is 45.0 Å². The van der Waals surface area contributed by atoms with Gasteiger partial charge in [-0.15, -0.1) is 0 Å². The van der Waals surface area contributed by atoms with E-state index in [0.717, 1.165) is 18.8 Å². The van der Waals surface area contributed by atoms with Gasteiger partial charge in [0, 0.05) is 0 Å². The second kappa shape index (κ2) is 10.7. The highest BCUT2D eigenvalue weighted by molar-refractivity contribution is 5.27. The maximum absolute atomic E-state index is 5.77. The fourth-order valence-electron chi connectivity index (χ4n) is 2.45. The molecule has 20 heavy (non-hydrogen) atoms. The monoisotopic (exact) mass is 278 g/mol. The lowest BCUT2D eigenvalue weighted by Crippen LogP contribution is -3.11. The Morgan fingerprint density at radius 2 is 1.50 bits per heavy atom. The van der Waals surface area contributed by atoms with Crippen molar-refractivity contribution in [3.05, 3.63) is 29.8 Å². The number of ether oxygens (including phenoxy) is 1. The fourth-order valence-corrected chi connectivity index (χ4v) is 2.45. The Morgan fingerprint density at radius 1 is 0.850 bits per heavy atom. The van der Waals surface area contributed by atoms with E-state index < -0.39 is 0 Å². The highest BCUT2D eigenvalue weighted by Gasteiger charge is 2.01. The van der Waals surface area contributed by atoms with Gasteiger partial charge in [0.15, 0.2) is 0 Å². The van der Waals surface area contributed by atoms with Crippen LogP contribution in [0.3, 0.4) is 0 Å². The summed E-state index contributed by atoms with van der Waals surface area (Å²) in [4.78, 5) is 1.72. The first-order chi connectivity index (χ1) is 9.80. The third kappa shape index (κ3) is 6.95. The summed E-state index contributed by atoms with van der Waals surface area (Å²) >= 11 is 0. The molecule has 0 unspecified atom stereocenters. The SMILES string of the molecule is CCc1ccc(OCCCCCC[NH+](CC)CC)cc1. The fraction of sp³-hybridized carbons (Fsp3) is 0.667. The molecule has 0 amide bonds.